The molecule has 0 saturated carbocycles. The minimum Gasteiger partial charge on any atom is -0.372 e. The van der Waals surface area contributed by atoms with Crippen LogP contribution in [0.3, 0.4) is 0 Å². The van der Waals surface area contributed by atoms with Crippen molar-refractivity contribution in [2.24, 2.45) is 0 Å². The minimum absolute atomic E-state index is 0.0518. The van der Waals surface area contributed by atoms with Gasteiger partial charge in [0, 0.05) is 38.1 Å². The number of amides is 1. The van der Waals surface area contributed by atoms with Crippen LogP contribution in [0.4, 0.5) is 5.69 Å². The van der Waals surface area contributed by atoms with Crippen LogP contribution in [0, 0.1) is 0 Å². The van der Waals surface area contributed by atoms with Gasteiger partial charge in [0.1, 0.15) is 12.0 Å². The van der Waals surface area contributed by atoms with E-state index in [1.54, 1.807) is 0 Å². The van der Waals surface area contributed by atoms with Crippen LogP contribution in [-0.2, 0) is 6.54 Å². The SMILES string of the molecule is C[C@@H]1CN(C)c2ccccc2CN1C(=O)c1ncncc1Cl. The molecule has 0 N–H and O–H groups in total. The summed E-state index contributed by atoms with van der Waals surface area (Å²) in [6, 6.07) is 8.18. The average molecular weight is 317 g/mol. The van der Waals surface area contributed by atoms with Crippen molar-refractivity contribution in [1.29, 1.82) is 0 Å². The Hall–Kier alpha value is -2.14. The Balaban J connectivity index is 1.97. The molecule has 0 fully saturated rings. The van der Waals surface area contributed by atoms with Gasteiger partial charge in [-0.25, -0.2) is 9.97 Å². The van der Waals surface area contributed by atoms with Gasteiger partial charge in [-0.3, -0.25) is 4.79 Å². The normalized spacial score (nSPS) is 17.9. The summed E-state index contributed by atoms with van der Waals surface area (Å²) in [6.07, 6.45) is 2.80. The summed E-state index contributed by atoms with van der Waals surface area (Å²) in [6.45, 7) is 3.33. The fourth-order valence-electron chi connectivity index (χ4n) is 2.83. The highest BCUT2D eigenvalue weighted by Gasteiger charge is 2.29. The zero-order chi connectivity index (χ0) is 15.7. The molecule has 3 rings (SSSR count). The molecule has 2 aromatic rings. The van der Waals surface area contributed by atoms with Gasteiger partial charge in [-0.05, 0) is 18.6 Å². The summed E-state index contributed by atoms with van der Waals surface area (Å²) in [7, 11) is 2.04. The highest BCUT2D eigenvalue weighted by atomic mass is 35.5. The first-order valence-electron chi connectivity index (χ1n) is 7.13. The molecule has 2 heterocycles. The van der Waals surface area contributed by atoms with Crippen molar-refractivity contribution in [3.63, 3.8) is 0 Å². The lowest BCUT2D eigenvalue weighted by Gasteiger charge is -2.28. The van der Waals surface area contributed by atoms with Crippen molar-refractivity contribution in [2.75, 3.05) is 18.5 Å². The molecule has 0 saturated heterocycles. The Morgan fingerprint density at radius 2 is 2.14 bits per heavy atom. The molecule has 0 aliphatic carbocycles. The van der Waals surface area contributed by atoms with E-state index in [4.69, 9.17) is 11.6 Å². The predicted octanol–water partition coefficient (Wildman–Crippen LogP) is 2.61. The lowest BCUT2D eigenvalue weighted by atomic mass is 10.1. The second-order valence-corrected chi connectivity index (χ2v) is 5.92. The summed E-state index contributed by atoms with van der Waals surface area (Å²) in [5.74, 6) is -0.162. The van der Waals surface area contributed by atoms with Crippen LogP contribution in [0.15, 0.2) is 36.8 Å². The number of aromatic nitrogens is 2. The van der Waals surface area contributed by atoms with E-state index in [9.17, 15) is 4.79 Å². The third-order valence-electron chi connectivity index (χ3n) is 3.94. The zero-order valence-corrected chi connectivity index (χ0v) is 13.3. The van der Waals surface area contributed by atoms with Crippen LogP contribution in [0.25, 0.3) is 0 Å². The Labute approximate surface area is 134 Å². The second-order valence-electron chi connectivity index (χ2n) is 5.51. The van der Waals surface area contributed by atoms with Crippen molar-refractivity contribution in [1.82, 2.24) is 14.9 Å². The molecule has 114 valence electrons. The maximum atomic E-state index is 12.8. The highest BCUT2D eigenvalue weighted by molar-refractivity contribution is 6.33. The molecular weight excluding hydrogens is 300 g/mol. The van der Waals surface area contributed by atoms with E-state index in [0.717, 1.165) is 17.8 Å². The molecule has 0 radical (unpaired) electrons. The number of hydrogen-bond donors (Lipinski definition) is 0. The third-order valence-corrected chi connectivity index (χ3v) is 4.22. The Bertz CT molecular complexity index is 706. The Morgan fingerprint density at radius 3 is 2.91 bits per heavy atom. The van der Waals surface area contributed by atoms with E-state index in [1.165, 1.54) is 12.5 Å². The minimum atomic E-state index is -0.162. The number of carbonyl (C=O) groups excluding carboxylic acids is 1. The maximum absolute atomic E-state index is 12.8. The summed E-state index contributed by atoms with van der Waals surface area (Å²) in [5, 5.41) is 0.283. The highest BCUT2D eigenvalue weighted by Crippen LogP contribution is 2.27. The molecule has 0 bridgehead atoms. The maximum Gasteiger partial charge on any atom is 0.274 e. The van der Waals surface area contributed by atoms with Gasteiger partial charge in [-0.1, -0.05) is 29.8 Å². The van der Waals surface area contributed by atoms with E-state index >= 15 is 0 Å². The van der Waals surface area contributed by atoms with Crippen LogP contribution in [-0.4, -0.2) is 40.4 Å². The number of hydrogen-bond acceptors (Lipinski definition) is 4. The molecule has 1 aliphatic rings. The summed E-state index contributed by atoms with van der Waals surface area (Å²) >= 11 is 6.07. The number of benzene rings is 1. The number of halogens is 1. The van der Waals surface area contributed by atoms with Gasteiger partial charge in [0.15, 0.2) is 0 Å². The Morgan fingerprint density at radius 1 is 1.36 bits per heavy atom. The molecule has 0 spiro atoms. The van der Waals surface area contributed by atoms with Crippen LogP contribution >= 0.6 is 11.6 Å². The molecule has 6 heteroatoms. The summed E-state index contributed by atoms with van der Waals surface area (Å²) < 4.78 is 0. The van der Waals surface area contributed by atoms with Gasteiger partial charge < -0.3 is 9.80 Å². The molecule has 1 atom stereocenters. The first-order valence-corrected chi connectivity index (χ1v) is 7.51. The molecule has 22 heavy (non-hydrogen) atoms. The number of fused-ring (bicyclic) bond motifs is 1. The van der Waals surface area contributed by atoms with E-state index in [1.807, 2.05) is 37.1 Å². The number of anilines is 1. The van der Waals surface area contributed by atoms with Crippen molar-refractivity contribution in [3.05, 3.63) is 53.1 Å². The van der Waals surface area contributed by atoms with Crippen molar-refractivity contribution in [2.45, 2.75) is 19.5 Å². The number of nitrogens with zero attached hydrogens (tertiary/aromatic N) is 4. The van der Waals surface area contributed by atoms with Crippen LogP contribution in [0.2, 0.25) is 5.02 Å². The van der Waals surface area contributed by atoms with Crippen LogP contribution in [0.5, 0.6) is 0 Å². The first kappa shape index (κ1) is 14.8. The molecular formula is C16H17ClN4O. The molecule has 1 aliphatic heterocycles. The lowest BCUT2D eigenvalue weighted by Crippen LogP contribution is -2.42. The van der Waals surface area contributed by atoms with Gasteiger partial charge in [0.2, 0.25) is 0 Å². The van der Waals surface area contributed by atoms with Crippen LogP contribution < -0.4 is 4.90 Å². The second kappa shape index (κ2) is 5.93. The van der Waals surface area contributed by atoms with E-state index in [0.29, 0.717) is 6.54 Å². The monoisotopic (exact) mass is 316 g/mol. The number of carbonyl (C=O) groups is 1. The molecule has 1 aromatic carbocycles. The predicted molar refractivity (Wildman–Crippen MR) is 86.1 cm³/mol. The smallest absolute Gasteiger partial charge is 0.274 e. The number of para-hydroxylation sites is 1. The van der Waals surface area contributed by atoms with Gasteiger partial charge in [0.25, 0.3) is 5.91 Å². The van der Waals surface area contributed by atoms with Crippen molar-refractivity contribution in [3.8, 4) is 0 Å². The fraction of sp³-hybridized carbons (Fsp3) is 0.312. The van der Waals surface area contributed by atoms with Gasteiger partial charge in [-0.15, -0.1) is 0 Å². The topological polar surface area (TPSA) is 49.3 Å². The van der Waals surface area contributed by atoms with Crippen LogP contribution in [0.1, 0.15) is 23.0 Å². The van der Waals surface area contributed by atoms with Crippen molar-refractivity contribution >= 4 is 23.2 Å². The largest absolute Gasteiger partial charge is 0.372 e. The van der Waals surface area contributed by atoms with E-state index in [-0.39, 0.29) is 22.7 Å². The Kier molecular flexibility index (Phi) is 3.98. The van der Waals surface area contributed by atoms with Crippen molar-refractivity contribution < 1.29 is 4.79 Å². The quantitative estimate of drug-likeness (QED) is 0.811. The van der Waals surface area contributed by atoms with E-state index < -0.39 is 0 Å². The zero-order valence-electron chi connectivity index (χ0n) is 12.5. The van der Waals surface area contributed by atoms with E-state index in [2.05, 4.69) is 20.9 Å². The van der Waals surface area contributed by atoms with Gasteiger partial charge in [-0.2, -0.15) is 0 Å². The van der Waals surface area contributed by atoms with Gasteiger partial charge >= 0.3 is 0 Å². The fourth-order valence-corrected chi connectivity index (χ4v) is 3.01. The number of rotatable bonds is 1. The summed E-state index contributed by atoms with van der Waals surface area (Å²) in [4.78, 5) is 24.7. The molecule has 5 nitrogen and oxygen atoms in total. The lowest BCUT2D eigenvalue weighted by molar-refractivity contribution is 0.0681. The average Bonchev–Trinajstić information content (AvgIpc) is 2.64. The third kappa shape index (κ3) is 2.64. The standard InChI is InChI=1S/C16H17ClN4O/c1-11-8-20(2)14-6-4-3-5-12(14)9-21(11)16(22)15-13(17)7-18-10-19-15/h3-7,10-11H,8-9H2,1-2H3/t11-/m1/s1. The summed E-state index contributed by atoms with van der Waals surface area (Å²) in [5.41, 5.74) is 2.52. The number of likely N-dealkylation sites (N-methyl/N-ethyl adjacent to an activating group) is 1. The molecule has 1 aromatic heterocycles. The first-order chi connectivity index (χ1) is 10.6. The van der Waals surface area contributed by atoms with Gasteiger partial charge in [0.05, 0.1) is 5.02 Å². The molecule has 1 amide bonds. The molecule has 0 unspecified atom stereocenters.